The zero-order chi connectivity index (χ0) is 17.5. The second-order valence-corrected chi connectivity index (χ2v) is 5.18. The van der Waals surface area contributed by atoms with E-state index < -0.39 is 5.91 Å². The maximum Gasteiger partial charge on any atom is 0.277 e. The average molecular weight is 328 g/mol. The fourth-order valence-corrected chi connectivity index (χ4v) is 2.04. The minimum Gasteiger partial charge on any atom is -0.504 e. The summed E-state index contributed by atoms with van der Waals surface area (Å²) in [6.07, 6.45) is 1.34. The first kappa shape index (κ1) is 17.3. The maximum absolute atomic E-state index is 11.8. The molecular formula is C18H20N2O4. The van der Waals surface area contributed by atoms with Gasteiger partial charge in [-0.1, -0.05) is 18.2 Å². The third-order valence-corrected chi connectivity index (χ3v) is 3.56. The molecule has 0 saturated heterocycles. The summed E-state index contributed by atoms with van der Waals surface area (Å²) in [6.45, 7) is 3.77. The number of amides is 1. The number of benzene rings is 2. The lowest BCUT2D eigenvalue weighted by molar-refractivity contribution is -0.123. The Bertz CT molecular complexity index is 757. The summed E-state index contributed by atoms with van der Waals surface area (Å²) in [5.74, 6) is 0.572. The summed E-state index contributed by atoms with van der Waals surface area (Å²) in [7, 11) is 1.46. The molecule has 0 aliphatic heterocycles. The molecule has 0 saturated carbocycles. The van der Waals surface area contributed by atoms with E-state index in [4.69, 9.17) is 9.47 Å². The molecule has 2 N–H and O–H groups in total. The Morgan fingerprint density at radius 3 is 2.67 bits per heavy atom. The molecular weight excluding hydrogens is 308 g/mol. The van der Waals surface area contributed by atoms with E-state index in [0.717, 1.165) is 11.1 Å². The van der Waals surface area contributed by atoms with Crippen LogP contribution in [0.25, 0.3) is 0 Å². The molecule has 0 radical (unpaired) electrons. The van der Waals surface area contributed by atoms with Gasteiger partial charge in [-0.3, -0.25) is 4.79 Å². The molecule has 0 unspecified atom stereocenters. The lowest BCUT2D eigenvalue weighted by Crippen LogP contribution is -2.24. The van der Waals surface area contributed by atoms with Crippen molar-refractivity contribution in [1.29, 1.82) is 0 Å². The van der Waals surface area contributed by atoms with Crippen molar-refractivity contribution in [3.8, 4) is 17.2 Å². The SMILES string of the molecule is COc1cccc(/C=N/NC(=O)COc2cccc(C)c2C)c1O. The highest BCUT2D eigenvalue weighted by molar-refractivity contribution is 5.86. The minimum absolute atomic E-state index is 0.0374. The van der Waals surface area contributed by atoms with Crippen LogP contribution in [0.2, 0.25) is 0 Å². The highest BCUT2D eigenvalue weighted by atomic mass is 16.5. The van der Waals surface area contributed by atoms with E-state index in [0.29, 0.717) is 17.1 Å². The number of hydrogen-bond acceptors (Lipinski definition) is 5. The molecule has 6 heteroatoms. The van der Waals surface area contributed by atoms with Gasteiger partial charge in [-0.25, -0.2) is 5.43 Å². The molecule has 6 nitrogen and oxygen atoms in total. The molecule has 2 aromatic rings. The van der Waals surface area contributed by atoms with Crippen molar-refractivity contribution in [3.63, 3.8) is 0 Å². The first-order valence-corrected chi connectivity index (χ1v) is 7.39. The van der Waals surface area contributed by atoms with Crippen molar-refractivity contribution in [3.05, 3.63) is 53.1 Å². The van der Waals surface area contributed by atoms with Crippen molar-refractivity contribution in [2.45, 2.75) is 13.8 Å². The van der Waals surface area contributed by atoms with Gasteiger partial charge in [0.15, 0.2) is 18.1 Å². The highest BCUT2D eigenvalue weighted by Gasteiger charge is 2.07. The fraction of sp³-hybridized carbons (Fsp3) is 0.222. The number of aromatic hydroxyl groups is 1. The van der Waals surface area contributed by atoms with Gasteiger partial charge in [0.2, 0.25) is 0 Å². The van der Waals surface area contributed by atoms with Crippen LogP contribution in [0.1, 0.15) is 16.7 Å². The summed E-state index contributed by atoms with van der Waals surface area (Å²) < 4.78 is 10.5. The maximum atomic E-state index is 11.8. The van der Waals surface area contributed by atoms with Crippen LogP contribution in [0.5, 0.6) is 17.2 Å². The molecule has 0 heterocycles. The van der Waals surface area contributed by atoms with Gasteiger partial charge in [0.05, 0.1) is 13.3 Å². The number of phenolic OH excluding ortho intramolecular Hbond substituents is 1. The van der Waals surface area contributed by atoms with E-state index in [2.05, 4.69) is 10.5 Å². The number of carbonyl (C=O) groups excluding carboxylic acids is 1. The summed E-state index contributed by atoms with van der Waals surface area (Å²) >= 11 is 0. The smallest absolute Gasteiger partial charge is 0.277 e. The predicted molar refractivity (Wildman–Crippen MR) is 91.8 cm³/mol. The molecule has 0 spiro atoms. The molecule has 126 valence electrons. The van der Waals surface area contributed by atoms with Gasteiger partial charge in [0.1, 0.15) is 5.75 Å². The number of nitrogens with zero attached hydrogens (tertiary/aromatic N) is 1. The second-order valence-electron chi connectivity index (χ2n) is 5.18. The van der Waals surface area contributed by atoms with Crippen LogP contribution < -0.4 is 14.9 Å². The number of carbonyl (C=O) groups is 1. The number of rotatable bonds is 6. The van der Waals surface area contributed by atoms with Crippen LogP contribution in [-0.4, -0.2) is 30.9 Å². The van der Waals surface area contributed by atoms with Crippen molar-refractivity contribution in [2.24, 2.45) is 5.10 Å². The van der Waals surface area contributed by atoms with Gasteiger partial charge in [-0.2, -0.15) is 5.10 Å². The van der Waals surface area contributed by atoms with E-state index in [-0.39, 0.29) is 12.4 Å². The number of hydrazone groups is 1. The number of hydrogen-bond donors (Lipinski definition) is 2. The molecule has 24 heavy (non-hydrogen) atoms. The zero-order valence-corrected chi connectivity index (χ0v) is 13.9. The van der Waals surface area contributed by atoms with Crippen LogP contribution in [0, 0.1) is 13.8 Å². The Labute approximate surface area is 140 Å². The molecule has 0 bridgehead atoms. The van der Waals surface area contributed by atoms with Crippen LogP contribution in [0.15, 0.2) is 41.5 Å². The largest absolute Gasteiger partial charge is 0.504 e. The standard InChI is InChI=1S/C18H20N2O4/c1-12-6-4-8-15(13(12)2)24-11-17(21)20-19-10-14-7-5-9-16(23-3)18(14)22/h4-10,22H,11H2,1-3H3,(H,20,21)/b19-10+. The number of ether oxygens (including phenoxy) is 2. The summed E-state index contributed by atoms with van der Waals surface area (Å²) in [6, 6.07) is 10.7. The van der Waals surface area contributed by atoms with Crippen molar-refractivity contribution < 1.29 is 19.4 Å². The van der Waals surface area contributed by atoms with Gasteiger partial charge in [-0.05, 0) is 43.2 Å². The second kappa shape index (κ2) is 8.01. The van der Waals surface area contributed by atoms with Gasteiger partial charge >= 0.3 is 0 Å². The minimum atomic E-state index is -0.394. The van der Waals surface area contributed by atoms with Gasteiger partial charge in [-0.15, -0.1) is 0 Å². The number of nitrogens with one attached hydrogen (secondary N) is 1. The monoisotopic (exact) mass is 328 g/mol. The number of phenols is 1. The highest BCUT2D eigenvalue weighted by Crippen LogP contribution is 2.27. The molecule has 0 atom stereocenters. The van der Waals surface area contributed by atoms with Crippen molar-refractivity contribution in [2.75, 3.05) is 13.7 Å². The van der Waals surface area contributed by atoms with E-state index in [1.807, 2.05) is 32.0 Å². The molecule has 0 aliphatic carbocycles. The Balaban J connectivity index is 1.90. The van der Waals surface area contributed by atoms with Crippen LogP contribution in [0.4, 0.5) is 0 Å². The fourth-order valence-electron chi connectivity index (χ4n) is 2.04. The number of para-hydroxylation sites is 1. The first-order valence-electron chi connectivity index (χ1n) is 7.39. The molecule has 2 aromatic carbocycles. The Morgan fingerprint density at radius 2 is 1.92 bits per heavy atom. The van der Waals surface area contributed by atoms with Crippen molar-refractivity contribution in [1.82, 2.24) is 5.43 Å². The van der Waals surface area contributed by atoms with E-state index in [1.54, 1.807) is 18.2 Å². The number of aryl methyl sites for hydroxylation is 1. The van der Waals surface area contributed by atoms with Gasteiger partial charge < -0.3 is 14.6 Å². The van der Waals surface area contributed by atoms with E-state index >= 15 is 0 Å². The zero-order valence-electron chi connectivity index (χ0n) is 13.9. The lowest BCUT2D eigenvalue weighted by Gasteiger charge is -2.09. The van der Waals surface area contributed by atoms with Crippen LogP contribution >= 0.6 is 0 Å². The van der Waals surface area contributed by atoms with Gasteiger partial charge in [0, 0.05) is 5.56 Å². The normalized spacial score (nSPS) is 10.6. The first-order chi connectivity index (χ1) is 11.5. The van der Waals surface area contributed by atoms with Gasteiger partial charge in [0.25, 0.3) is 5.91 Å². The Morgan fingerprint density at radius 1 is 1.21 bits per heavy atom. The summed E-state index contributed by atoms with van der Waals surface area (Å²) in [5, 5.41) is 13.7. The van der Waals surface area contributed by atoms with Crippen molar-refractivity contribution >= 4 is 12.1 Å². The molecule has 0 aromatic heterocycles. The molecule has 1 amide bonds. The summed E-state index contributed by atoms with van der Waals surface area (Å²) in [4.78, 5) is 11.8. The predicted octanol–water partition coefficient (Wildman–Crippen LogP) is 2.55. The third kappa shape index (κ3) is 4.25. The van der Waals surface area contributed by atoms with Crippen LogP contribution in [0.3, 0.4) is 0 Å². The topological polar surface area (TPSA) is 80.2 Å². The Hall–Kier alpha value is -3.02. The number of methoxy groups -OCH3 is 1. The lowest BCUT2D eigenvalue weighted by atomic mass is 10.1. The van der Waals surface area contributed by atoms with E-state index in [9.17, 15) is 9.90 Å². The van der Waals surface area contributed by atoms with E-state index in [1.165, 1.54) is 13.3 Å². The Kier molecular flexibility index (Phi) is 5.78. The molecule has 0 fully saturated rings. The quantitative estimate of drug-likeness (QED) is 0.631. The van der Waals surface area contributed by atoms with Crippen LogP contribution in [-0.2, 0) is 4.79 Å². The third-order valence-electron chi connectivity index (χ3n) is 3.56. The molecule has 0 aliphatic rings. The summed E-state index contributed by atoms with van der Waals surface area (Å²) in [5.41, 5.74) is 4.88. The average Bonchev–Trinajstić information content (AvgIpc) is 2.58. The molecule has 2 rings (SSSR count).